The number of hydrogen-bond acceptors (Lipinski definition) is 4. The predicted octanol–water partition coefficient (Wildman–Crippen LogP) is 3.45. The second kappa shape index (κ2) is 7.44. The van der Waals surface area contributed by atoms with Gasteiger partial charge in [-0.3, -0.25) is 9.59 Å². The molecule has 5 rings (SSSR count). The van der Waals surface area contributed by atoms with Crippen molar-refractivity contribution in [3.05, 3.63) is 71.3 Å². The van der Waals surface area contributed by atoms with Gasteiger partial charge in [0.05, 0.1) is 30.2 Å². The molecule has 0 aliphatic carbocycles. The van der Waals surface area contributed by atoms with Crippen LogP contribution in [0.15, 0.2) is 60.7 Å². The number of halogens is 1. The van der Waals surface area contributed by atoms with Crippen molar-refractivity contribution in [2.45, 2.75) is 18.6 Å². The van der Waals surface area contributed by atoms with E-state index in [-0.39, 0.29) is 18.4 Å². The van der Waals surface area contributed by atoms with Crippen LogP contribution in [-0.2, 0) is 14.3 Å². The lowest BCUT2D eigenvalue weighted by molar-refractivity contribution is -0.126. The van der Waals surface area contributed by atoms with Crippen LogP contribution in [0, 0.1) is 18.8 Å². The lowest BCUT2D eigenvalue weighted by Gasteiger charge is -2.29. The molecule has 3 aliphatic rings. The van der Waals surface area contributed by atoms with E-state index >= 15 is 0 Å². The van der Waals surface area contributed by atoms with Gasteiger partial charge in [0.15, 0.2) is 5.11 Å². The Hall–Kier alpha value is -2.74. The van der Waals surface area contributed by atoms with Gasteiger partial charge in [0, 0.05) is 10.7 Å². The number of rotatable bonds is 4. The van der Waals surface area contributed by atoms with E-state index in [4.69, 9.17) is 28.6 Å². The lowest BCUT2D eigenvalue weighted by Crippen LogP contribution is -2.49. The largest absolute Gasteiger partial charge is 0.360 e. The Kier molecular flexibility index (Phi) is 4.84. The molecule has 0 saturated carbocycles. The smallest absolute Gasteiger partial charge is 0.241 e. The number of ether oxygens (including phenoxy) is 1. The van der Waals surface area contributed by atoms with Crippen LogP contribution in [0.5, 0.6) is 0 Å². The molecule has 2 fully saturated rings. The number of imide groups is 1. The van der Waals surface area contributed by atoms with Gasteiger partial charge in [-0.15, -0.1) is 0 Å². The fraction of sp³-hybridized carbons (Fsp3) is 0.261. The van der Waals surface area contributed by atoms with E-state index in [1.807, 2.05) is 43.3 Å². The topological polar surface area (TPSA) is 70.7 Å². The maximum Gasteiger partial charge on any atom is 0.241 e. The van der Waals surface area contributed by atoms with Crippen molar-refractivity contribution in [3.63, 3.8) is 0 Å². The first-order chi connectivity index (χ1) is 14.9. The average molecular weight is 454 g/mol. The number of thiocarbonyl (C=S) groups is 1. The second-order valence-corrected chi connectivity index (χ2v) is 8.91. The summed E-state index contributed by atoms with van der Waals surface area (Å²) in [7, 11) is 0. The Morgan fingerprint density at radius 3 is 2.55 bits per heavy atom. The van der Waals surface area contributed by atoms with Crippen molar-refractivity contribution < 1.29 is 14.3 Å². The normalized spacial score (nSPS) is 28.2. The molecule has 0 radical (unpaired) electrons. The number of fused-ring (bicyclic) bond motifs is 5. The van der Waals surface area contributed by atoms with Crippen LogP contribution in [0.25, 0.3) is 0 Å². The predicted molar refractivity (Wildman–Crippen MR) is 123 cm³/mol. The maximum absolute atomic E-state index is 13.3. The Morgan fingerprint density at radius 2 is 1.84 bits per heavy atom. The lowest BCUT2D eigenvalue weighted by atomic mass is 9.77. The van der Waals surface area contributed by atoms with Crippen molar-refractivity contribution in [2.24, 2.45) is 11.8 Å². The highest BCUT2D eigenvalue weighted by molar-refractivity contribution is 7.80. The minimum atomic E-state index is -0.909. The number of hydrogen-bond donors (Lipinski definition) is 2. The van der Waals surface area contributed by atoms with E-state index in [0.29, 0.717) is 15.8 Å². The number of nitrogens with zero attached hydrogens (tertiary/aromatic N) is 1. The molecule has 2 aromatic carbocycles. The number of amides is 2. The molecule has 2 N–H and O–H groups in total. The van der Waals surface area contributed by atoms with E-state index in [1.165, 1.54) is 4.90 Å². The molecular weight excluding hydrogens is 434 g/mol. The van der Waals surface area contributed by atoms with Gasteiger partial charge in [-0.05, 0) is 55.5 Å². The van der Waals surface area contributed by atoms with Crippen molar-refractivity contribution in [3.8, 4) is 0 Å². The molecule has 2 saturated heterocycles. The summed E-state index contributed by atoms with van der Waals surface area (Å²) in [6.07, 6.45) is 3.36. The molecule has 31 heavy (non-hydrogen) atoms. The summed E-state index contributed by atoms with van der Waals surface area (Å²) in [6.45, 7) is 2.24. The first kappa shape index (κ1) is 20.2. The van der Waals surface area contributed by atoms with Crippen LogP contribution in [0.3, 0.4) is 0 Å². The van der Waals surface area contributed by atoms with Crippen LogP contribution in [-0.4, -0.2) is 35.2 Å². The fourth-order valence-corrected chi connectivity index (χ4v) is 4.90. The maximum atomic E-state index is 13.3. The van der Waals surface area contributed by atoms with Crippen molar-refractivity contribution in [1.82, 2.24) is 5.32 Å². The number of carbonyl (C=O) groups excluding carboxylic acids is 2. The molecule has 8 heteroatoms. The summed E-state index contributed by atoms with van der Waals surface area (Å²) in [5.41, 5.74) is 1.54. The molecule has 0 aromatic heterocycles. The zero-order valence-corrected chi connectivity index (χ0v) is 18.2. The zero-order chi connectivity index (χ0) is 21.8. The molecule has 0 unspecified atom stereocenters. The Morgan fingerprint density at radius 1 is 1.13 bits per heavy atom. The van der Waals surface area contributed by atoms with Gasteiger partial charge in [-0.2, -0.15) is 0 Å². The fourth-order valence-electron chi connectivity index (χ4n) is 4.58. The molecule has 2 bridgehead atoms. The summed E-state index contributed by atoms with van der Waals surface area (Å²) in [5.74, 6) is -1.54. The van der Waals surface area contributed by atoms with E-state index in [1.54, 1.807) is 24.3 Å². The number of anilines is 2. The van der Waals surface area contributed by atoms with Gasteiger partial charge >= 0.3 is 0 Å². The van der Waals surface area contributed by atoms with Crippen LogP contribution in [0.4, 0.5) is 11.4 Å². The first-order valence-corrected chi connectivity index (χ1v) is 10.8. The summed E-state index contributed by atoms with van der Waals surface area (Å²) in [6, 6.07) is 14.6. The van der Waals surface area contributed by atoms with Gasteiger partial charge in [0.1, 0.15) is 5.60 Å². The first-order valence-electron chi connectivity index (χ1n) is 10.00. The Balaban J connectivity index is 1.33. The molecular formula is C23H20ClN3O3S. The molecule has 3 aliphatic heterocycles. The molecule has 2 aromatic rings. The minimum Gasteiger partial charge on any atom is -0.360 e. The van der Waals surface area contributed by atoms with Crippen LogP contribution >= 0.6 is 23.8 Å². The van der Waals surface area contributed by atoms with Crippen LogP contribution < -0.4 is 15.5 Å². The van der Waals surface area contributed by atoms with Gasteiger partial charge in [0.2, 0.25) is 11.8 Å². The van der Waals surface area contributed by atoms with Gasteiger partial charge < -0.3 is 15.4 Å². The highest BCUT2D eigenvalue weighted by Crippen LogP contribution is 2.52. The third kappa shape index (κ3) is 3.33. The number of carbonyl (C=O) groups is 2. The van der Waals surface area contributed by atoms with E-state index in [0.717, 1.165) is 11.3 Å². The third-order valence-corrected chi connectivity index (χ3v) is 6.57. The van der Waals surface area contributed by atoms with Crippen molar-refractivity contribution in [1.29, 1.82) is 0 Å². The standard InChI is InChI=1S/C23H20ClN3O3S/c1-13-2-8-16(9-3-13)27-20(28)18-17-10-11-23(30-17,19(18)21(27)29)12-25-22(31)26-15-6-4-14(24)5-7-15/h2-11,17-19H,12H2,1H3,(H2,25,26,31)/t17-,18-,19-,23+/m1/s1. The van der Waals surface area contributed by atoms with E-state index in [9.17, 15) is 9.59 Å². The van der Waals surface area contributed by atoms with Gasteiger partial charge in [-0.1, -0.05) is 41.4 Å². The summed E-state index contributed by atoms with van der Waals surface area (Å²) < 4.78 is 6.14. The molecule has 2 amide bonds. The molecule has 158 valence electrons. The number of nitrogens with one attached hydrogen (secondary N) is 2. The van der Waals surface area contributed by atoms with E-state index < -0.39 is 23.5 Å². The third-order valence-electron chi connectivity index (χ3n) is 6.07. The highest BCUT2D eigenvalue weighted by atomic mass is 35.5. The quantitative estimate of drug-likeness (QED) is 0.420. The Labute approximate surface area is 190 Å². The van der Waals surface area contributed by atoms with Gasteiger partial charge in [-0.25, -0.2) is 4.90 Å². The SMILES string of the molecule is Cc1ccc(N2C(=O)[C@@H]3[C@H]4C=C[C@@](CNC(=S)Nc5ccc(Cl)cc5)(O4)[C@H]3C2=O)cc1. The minimum absolute atomic E-state index is 0.211. The van der Waals surface area contributed by atoms with Crippen LogP contribution in [0.2, 0.25) is 5.02 Å². The van der Waals surface area contributed by atoms with Gasteiger partial charge in [0.25, 0.3) is 0 Å². The molecule has 0 spiro atoms. The molecule has 3 heterocycles. The van der Waals surface area contributed by atoms with E-state index in [2.05, 4.69) is 10.6 Å². The van der Waals surface area contributed by atoms with Crippen molar-refractivity contribution >= 4 is 52.1 Å². The zero-order valence-electron chi connectivity index (χ0n) is 16.7. The number of aryl methyl sites for hydroxylation is 1. The second-order valence-electron chi connectivity index (χ2n) is 8.06. The highest BCUT2D eigenvalue weighted by Gasteiger charge is 2.67. The number of benzene rings is 2. The van der Waals surface area contributed by atoms with Crippen LogP contribution in [0.1, 0.15) is 5.56 Å². The Bertz CT molecular complexity index is 1100. The summed E-state index contributed by atoms with van der Waals surface area (Å²) >= 11 is 11.3. The molecule has 6 nitrogen and oxygen atoms in total. The molecule has 4 atom stereocenters. The monoisotopic (exact) mass is 453 g/mol. The van der Waals surface area contributed by atoms with Crippen molar-refractivity contribution in [2.75, 3.05) is 16.8 Å². The average Bonchev–Trinajstić information content (AvgIpc) is 3.40. The summed E-state index contributed by atoms with van der Waals surface area (Å²) in [5, 5.41) is 7.27. The summed E-state index contributed by atoms with van der Waals surface area (Å²) in [4.78, 5) is 27.8.